The zero-order chi connectivity index (χ0) is 13.6. The highest BCUT2D eigenvalue weighted by Crippen LogP contribution is 2.62. The van der Waals surface area contributed by atoms with Crippen molar-refractivity contribution in [1.82, 2.24) is 5.32 Å². The van der Waals surface area contributed by atoms with E-state index in [4.69, 9.17) is 10.5 Å². The van der Waals surface area contributed by atoms with E-state index in [1.807, 2.05) is 0 Å². The lowest BCUT2D eigenvalue weighted by atomic mass is 9.79. The molecule has 0 bridgehead atoms. The van der Waals surface area contributed by atoms with Crippen LogP contribution in [0.4, 0.5) is 0 Å². The average molecular weight is 291 g/mol. The molecule has 1 amide bonds. The minimum absolute atomic E-state index is 0. The van der Waals surface area contributed by atoms with Gasteiger partial charge < -0.3 is 15.8 Å². The lowest BCUT2D eigenvalue weighted by Gasteiger charge is -2.34. The summed E-state index contributed by atoms with van der Waals surface area (Å²) in [6, 6.07) is 0.253. The van der Waals surface area contributed by atoms with Crippen molar-refractivity contribution in [2.24, 2.45) is 22.0 Å². The normalized spacial score (nSPS) is 27.2. The molecule has 2 aliphatic rings. The lowest BCUT2D eigenvalue weighted by Crippen LogP contribution is -2.50. The van der Waals surface area contributed by atoms with Gasteiger partial charge in [0.1, 0.15) is 0 Å². The second kappa shape index (κ2) is 5.23. The standard InChI is InChI=1S/C14H26N2O2.ClH/c1-12(2)10(13(12,3)4)16-11(17)14(9-15)5-7-18-8-6-14;/h10H,5-9,15H2,1-4H3,(H,16,17);1H. The molecule has 0 atom stereocenters. The van der Waals surface area contributed by atoms with Gasteiger partial charge in [-0.25, -0.2) is 0 Å². The fraction of sp³-hybridized carbons (Fsp3) is 0.929. The van der Waals surface area contributed by atoms with Crippen LogP contribution in [0.15, 0.2) is 0 Å². The third kappa shape index (κ3) is 2.50. The molecule has 0 spiro atoms. The van der Waals surface area contributed by atoms with Crippen LogP contribution >= 0.6 is 12.4 Å². The molecule has 1 aliphatic carbocycles. The Kier molecular flexibility index (Phi) is 4.60. The van der Waals surface area contributed by atoms with Crippen LogP contribution in [0.3, 0.4) is 0 Å². The second-order valence-electron chi connectivity index (χ2n) is 6.95. The number of nitrogens with one attached hydrogen (secondary N) is 1. The summed E-state index contributed by atoms with van der Waals surface area (Å²) in [5.74, 6) is 0.122. The van der Waals surface area contributed by atoms with E-state index in [1.165, 1.54) is 0 Å². The molecular formula is C14H27ClN2O2. The second-order valence-corrected chi connectivity index (χ2v) is 6.95. The number of carbonyl (C=O) groups excluding carboxylic acids is 1. The van der Waals surface area contributed by atoms with Gasteiger partial charge in [0, 0.05) is 25.8 Å². The summed E-state index contributed by atoms with van der Waals surface area (Å²) in [5, 5.41) is 3.22. The largest absolute Gasteiger partial charge is 0.381 e. The summed E-state index contributed by atoms with van der Waals surface area (Å²) >= 11 is 0. The Bertz CT molecular complexity index is 335. The van der Waals surface area contributed by atoms with Gasteiger partial charge in [-0.1, -0.05) is 27.7 Å². The van der Waals surface area contributed by atoms with Crippen molar-refractivity contribution in [2.45, 2.75) is 46.6 Å². The summed E-state index contributed by atoms with van der Waals surface area (Å²) in [6.07, 6.45) is 1.48. The summed E-state index contributed by atoms with van der Waals surface area (Å²) < 4.78 is 5.34. The number of ether oxygens (including phenoxy) is 1. The van der Waals surface area contributed by atoms with Crippen LogP contribution in [0.5, 0.6) is 0 Å². The van der Waals surface area contributed by atoms with Crippen LogP contribution in [-0.4, -0.2) is 31.7 Å². The van der Waals surface area contributed by atoms with E-state index in [1.54, 1.807) is 0 Å². The van der Waals surface area contributed by atoms with E-state index in [9.17, 15) is 4.79 Å². The Morgan fingerprint density at radius 3 is 2.05 bits per heavy atom. The number of hydrogen-bond acceptors (Lipinski definition) is 3. The Morgan fingerprint density at radius 2 is 1.68 bits per heavy atom. The number of nitrogens with two attached hydrogens (primary N) is 1. The molecule has 1 aliphatic heterocycles. The number of amides is 1. The van der Waals surface area contributed by atoms with Gasteiger partial charge in [-0.15, -0.1) is 12.4 Å². The van der Waals surface area contributed by atoms with Crippen LogP contribution < -0.4 is 11.1 Å². The van der Waals surface area contributed by atoms with Crippen molar-refractivity contribution >= 4 is 18.3 Å². The smallest absolute Gasteiger partial charge is 0.227 e. The van der Waals surface area contributed by atoms with Gasteiger partial charge in [0.15, 0.2) is 0 Å². The number of carbonyl (C=O) groups is 1. The molecule has 1 heterocycles. The van der Waals surface area contributed by atoms with E-state index >= 15 is 0 Å². The molecule has 0 unspecified atom stereocenters. The van der Waals surface area contributed by atoms with Gasteiger partial charge in [0.2, 0.25) is 5.91 Å². The van der Waals surface area contributed by atoms with E-state index in [-0.39, 0.29) is 35.2 Å². The molecule has 1 saturated heterocycles. The number of rotatable bonds is 3. The quantitative estimate of drug-likeness (QED) is 0.832. The predicted octanol–water partition coefficient (Wildman–Crippen LogP) is 1.71. The monoisotopic (exact) mass is 290 g/mol. The van der Waals surface area contributed by atoms with Crippen molar-refractivity contribution in [2.75, 3.05) is 19.8 Å². The molecule has 19 heavy (non-hydrogen) atoms. The van der Waals surface area contributed by atoms with Crippen LogP contribution in [0.1, 0.15) is 40.5 Å². The van der Waals surface area contributed by atoms with Crippen molar-refractivity contribution < 1.29 is 9.53 Å². The lowest BCUT2D eigenvalue weighted by molar-refractivity contribution is -0.136. The Hall–Kier alpha value is -0.320. The molecule has 1 saturated carbocycles. The molecule has 0 aromatic carbocycles. The van der Waals surface area contributed by atoms with Crippen LogP contribution in [0.25, 0.3) is 0 Å². The Morgan fingerprint density at radius 1 is 1.21 bits per heavy atom. The summed E-state index contributed by atoms with van der Waals surface area (Å²) in [6.45, 7) is 10.5. The maximum Gasteiger partial charge on any atom is 0.227 e. The molecule has 2 rings (SSSR count). The summed E-state index contributed by atoms with van der Waals surface area (Å²) in [4.78, 5) is 12.5. The molecule has 112 valence electrons. The summed E-state index contributed by atoms with van der Waals surface area (Å²) in [7, 11) is 0. The Balaban J connectivity index is 0.00000180. The molecule has 0 radical (unpaired) electrons. The third-order valence-electron chi connectivity index (χ3n) is 5.62. The maximum absolute atomic E-state index is 12.5. The zero-order valence-corrected chi connectivity index (χ0v) is 13.2. The molecule has 4 nitrogen and oxygen atoms in total. The van der Waals surface area contributed by atoms with Gasteiger partial charge in [0.05, 0.1) is 5.41 Å². The van der Waals surface area contributed by atoms with Crippen molar-refractivity contribution in [3.63, 3.8) is 0 Å². The molecule has 2 fully saturated rings. The highest BCUT2D eigenvalue weighted by molar-refractivity contribution is 5.85. The van der Waals surface area contributed by atoms with Gasteiger partial charge in [-0.2, -0.15) is 0 Å². The van der Waals surface area contributed by atoms with E-state index in [0.29, 0.717) is 19.8 Å². The van der Waals surface area contributed by atoms with E-state index in [0.717, 1.165) is 12.8 Å². The fourth-order valence-electron chi connectivity index (χ4n) is 3.13. The highest BCUT2D eigenvalue weighted by Gasteiger charge is 2.66. The highest BCUT2D eigenvalue weighted by atomic mass is 35.5. The maximum atomic E-state index is 12.5. The fourth-order valence-corrected chi connectivity index (χ4v) is 3.13. The molecule has 3 N–H and O–H groups in total. The zero-order valence-electron chi connectivity index (χ0n) is 12.4. The third-order valence-corrected chi connectivity index (χ3v) is 5.62. The average Bonchev–Trinajstić information content (AvgIpc) is 2.72. The van der Waals surface area contributed by atoms with Gasteiger partial charge in [-0.3, -0.25) is 4.79 Å². The first-order chi connectivity index (χ1) is 8.28. The van der Waals surface area contributed by atoms with Crippen molar-refractivity contribution in [3.8, 4) is 0 Å². The number of hydrogen-bond donors (Lipinski definition) is 2. The molecule has 5 heteroatoms. The number of halogens is 1. The van der Waals surface area contributed by atoms with Gasteiger partial charge in [-0.05, 0) is 23.7 Å². The molecule has 0 aromatic rings. The van der Waals surface area contributed by atoms with Gasteiger partial charge in [0.25, 0.3) is 0 Å². The Labute approximate surface area is 122 Å². The first-order valence-electron chi connectivity index (χ1n) is 6.87. The summed E-state index contributed by atoms with van der Waals surface area (Å²) in [5.41, 5.74) is 5.78. The van der Waals surface area contributed by atoms with Crippen LogP contribution in [0.2, 0.25) is 0 Å². The molecular weight excluding hydrogens is 264 g/mol. The minimum atomic E-state index is -0.410. The van der Waals surface area contributed by atoms with E-state index < -0.39 is 5.41 Å². The predicted molar refractivity (Wildman–Crippen MR) is 78.3 cm³/mol. The van der Waals surface area contributed by atoms with Crippen LogP contribution in [-0.2, 0) is 9.53 Å². The van der Waals surface area contributed by atoms with Crippen molar-refractivity contribution in [1.29, 1.82) is 0 Å². The van der Waals surface area contributed by atoms with Crippen molar-refractivity contribution in [3.05, 3.63) is 0 Å². The first-order valence-corrected chi connectivity index (χ1v) is 6.87. The van der Waals surface area contributed by atoms with E-state index in [2.05, 4.69) is 33.0 Å². The minimum Gasteiger partial charge on any atom is -0.381 e. The van der Waals surface area contributed by atoms with Gasteiger partial charge >= 0.3 is 0 Å². The van der Waals surface area contributed by atoms with Crippen LogP contribution in [0, 0.1) is 16.2 Å². The topological polar surface area (TPSA) is 64.4 Å². The molecule has 0 aromatic heterocycles. The SMILES string of the molecule is CC1(C)C(NC(=O)C2(CN)CCOCC2)C1(C)C.Cl. The first kappa shape index (κ1) is 16.7.